The third-order valence-electron chi connectivity index (χ3n) is 4.95. The predicted molar refractivity (Wildman–Crippen MR) is 103 cm³/mol. The first-order chi connectivity index (χ1) is 12.6. The number of fused-ring (bicyclic) bond motifs is 1. The Balaban J connectivity index is 2.01. The second kappa shape index (κ2) is 6.87. The lowest BCUT2D eigenvalue weighted by atomic mass is 9.87. The minimum atomic E-state index is -0.846. The molecule has 0 saturated heterocycles. The van der Waals surface area contributed by atoms with Crippen LogP contribution < -0.4 is 10.5 Å². The maximum atomic E-state index is 14.9. The molecule has 2 aromatic carbocycles. The molecule has 1 aliphatic carbocycles. The zero-order valence-corrected chi connectivity index (χ0v) is 16.4. The highest BCUT2D eigenvalue weighted by molar-refractivity contribution is 5.69. The number of nitrogens with two attached hydrogens (primary N) is 1. The van der Waals surface area contributed by atoms with Crippen molar-refractivity contribution in [1.29, 1.82) is 0 Å². The summed E-state index contributed by atoms with van der Waals surface area (Å²) in [6.07, 6.45) is -0.629. The second-order valence-electron chi connectivity index (χ2n) is 8.16. The Morgan fingerprint density at radius 3 is 2.56 bits per heavy atom. The molecule has 0 radical (unpaired) electrons. The highest BCUT2D eigenvalue weighted by Gasteiger charge is 2.42. The summed E-state index contributed by atoms with van der Waals surface area (Å²) < 4.78 is 26.0. The average molecular weight is 371 g/mol. The summed E-state index contributed by atoms with van der Waals surface area (Å²) in [4.78, 5) is 11.3. The van der Waals surface area contributed by atoms with Crippen molar-refractivity contribution in [1.82, 2.24) is 0 Å². The number of primary amides is 1. The van der Waals surface area contributed by atoms with Crippen LogP contribution >= 0.6 is 0 Å². The molecule has 0 bridgehead atoms. The molecule has 1 aliphatic rings. The fourth-order valence-electron chi connectivity index (χ4n) is 3.80. The highest BCUT2D eigenvalue weighted by Crippen LogP contribution is 2.49. The van der Waals surface area contributed by atoms with Crippen LogP contribution in [-0.4, -0.2) is 12.2 Å². The van der Waals surface area contributed by atoms with Crippen LogP contribution in [0.5, 0.6) is 5.75 Å². The number of rotatable bonds is 4. The summed E-state index contributed by atoms with van der Waals surface area (Å²) >= 11 is 0. The Kier molecular flexibility index (Phi) is 4.89. The number of carbonyl (C=O) groups excluding carboxylic acids is 1. The van der Waals surface area contributed by atoms with E-state index in [2.05, 4.69) is 0 Å². The zero-order chi connectivity index (χ0) is 19.9. The molecule has 2 N–H and O–H groups in total. The number of carbonyl (C=O) groups is 1. The maximum absolute atomic E-state index is 14.9. The Bertz CT molecular complexity index is 889. The fraction of sp³-hybridized carbons (Fsp3) is 0.409. The molecule has 1 atom stereocenters. The number of amides is 1. The quantitative estimate of drug-likeness (QED) is 0.792. The molecule has 0 heterocycles. The van der Waals surface area contributed by atoms with Crippen LogP contribution in [0.1, 0.15) is 50.5 Å². The first-order valence-electron chi connectivity index (χ1n) is 9.14. The van der Waals surface area contributed by atoms with E-state index in [1.165, 1.54) is 6.07 Å². The second-order valence-corrected chi connectivity index (χ2v) is 8.16. The number of hydrogen-bond acceptors (Lipinski definition) is 3. The number of hydrogen-bond donors (Lipinski definition) is 1. The van der Waals surface area contributed by atoms with Crippen molar-refractivity contribution in [3.63, 3.8) is 0 Å². The van der Waals surface area contributed by atoms with E-state index in [0.29, 0.717) is 17.5 Å². The van der Waals surface area contributed by atoms with Crippen LogP contribution in [0.2, 0.25) is 0 Å². The topological polar surface area (TPSA) is 61.5 Å². The smallest absolute Gasteiger partial charge is 0.405 e. The molecule has 27 heavy (non-hydrogen) atoms. The van der Waals surface area contributed by atoms with Gasteiger partial charge in [-0.3, -0.25) is 0 Å². The molecule has 5 heteroatoms. The van der Waals surface area contributed by atoms with Gasteiger partial charge in [-0.2, -0.15) is 0 Å². The van der Waals surface area contributed by atoms with E-state index < -0.39 is 12.2 Å². The first kappa shape index (κ1) is 19.2. The molecular formula is C22H26FNO3. The summed E-state index contributed by atoms with van der Waals surface area (Å²) in [6.45, 7) is 9.87. The zero-order valence-electron chi connectivity index (χ0n) is 16.4. The van der Waals surface area contributed by atoms with Crippen molar-refractivity contribution in [2.75, 3.05) is 0 Å². The van der Waals surface area contributed by atoms with Gasteiger partial charge in [0.15, 0.2) is 0 Å². The van der Waals surface area contributed by atoms with Gasteiger partial charge in [0, 0.05) is 11.0 Å². The Hall–Kier alpha value is -2.56. The third-order valence-corrected chi connectivity index (χ3v) is 4.95. The fourth-order valence-corrected chi connectivity index (χ4v) is 3.80. The molecular weight excluding hydrogens is 345 g/mol. The van der Waals surface area contributed by atoms with Gasteiger partial charge in [0.05, 0.1) is 6.10 Å². The molecule has 0 aromatic heterocycles. The largest absolute Gasteiger partial charge is 0.491 e. The van der Waals surface area contributed by atoms with Crippen LogP contribution in [-0.2, 0) is 11.2 Å². The average Bonchev–Trinajstić information content (AvgIpc) is 2.78. The number of ether oxygens (including phenoxy) is 2. The molecule has 0 unspecified atom stereocenters. The van der Waals surface area contributed by atoms with Gasteiger partial charge in [-0.1, -0.05) is 19.9 Å². The molecule has 2 aromatic rings. The summed E-state index contributed by atoms with van der Waals surface area (Å²) in [5.74, 6) is 0.452. The summed E-state index contributed by atoms with van der Waals surface area (Å²) in [5, 5.41) is 0. The normalized spacial score (nSPS) is 17.7. The van der Waals surface area contributed by atoms with E-state index in [1.54, 1.807) is 0 Å². The van der Waals surface area contributed by atoms with Gasteiger partial charge in [-0.05, 0) is 73.7 Å². The molecule has 3 rings (SSSR count). The first-order valence-corrected chi connectivity index (χ1v) is 9.14. The SMILES string of the molecule is Cc1cc(-c2cc3c(cc2F)[C@H](OC(N)=O)C(C)(C)C3)ccc1OC(C)C. The van der Waals surface area contributed by atoms with Crippen LogP contribution in [0.15, 0.2) is 30.3 Å². The van der Waals surface area contributed by atoms with Crippen molar-refractivity contribution in [3.8, 4) is 16.9 Å². The van der Waals surface area contributed by atoms with Gasteiger partial charge < -0.3 is 15.2 Å². The molecule has 0 saturated carbocycles. The van der Waals surface area contributed by atoms with Gasteiger partial charge in [0.2, 0.25) is 0 Å². The van der Waals surface area contributed by atoms with Gasteiger partial charge in [0.25, 0.3) is 0 Å². The summed E-state index contributed by atoms with van der Waals surface area (Å²) in [6, 6.07) is 9.00. The minimum absolute atomic E-state index is 0.0794. The molecule has 0 spiro atoms. The standard InChI is InChI=1S/C22H26FNO3/c1-12(2)26-19-7-6-14(8-13(19)3)16-9-15-11-22(4,5)20(27-21(24)25)17(15)10-18(16)23/h6-10,12,20H,11H2,1-5H3,(H2,24,25)/t20-/m0/s1. The van der Waals surface area contributed by atoms with E-state index >= 15 is 0 Å². The number of aryl methyl sites for hydroxylation is 1. The van der Waals surface area contributed by atoms with Crippen LogP contribution in [0.25, 0.3) is 11.1 Å². The minimum Gasteiger partial charge on any atom is -0.491 e. The van der Waals surface area contributed by atoms with Crippen molar-refractivity contribution >= 4 is 6.09 Å². The Morgan fingerprint density at radius 1 is 1.26 bits per heavy atom. The molecule has 144 valence electrons. The van der Waals surface area contributed by atoms with Crippen LogP contribution in [0, 0.1) is 18.2 Å². The van der Waals surface area contributed by atoms with Gasteiger partial charge in [-0.25, -0.2) is 9.18 Å². The van der Waals surface area contributed by atoms with E-state index in [0.717, 1.165) is 22.4 Å². The molecule has 0 fully saturated rings. The lowest BCUT2D eigenvalue weighted by Crippen LogP contribution is -2.25. The van der Waals surface area contributed by atoms with Crippen molar-refractivity contribution in [2.24, 2.45) is 11.1 Å². The van der Waals surface area contributed by atoms with Crippen LogP contribution in [0.3, 0.4) is 0 Å². The number of halogens is 1. The van der Waals surface area contributed by atoms with Gasteiger partial charge in [-0.15, -0.1) is 0 Å². The maximum Gasteiger partial charge on any atom is 0.405 e. The third kappa shape index (κ3) is 3.77. The highest BCUT2D eigenvalue weighted by atomic mass is 19.1. The van der Waals surface area contributed by atoms with Crippen LogP contribution in [0.4, 0.5) is 9.18 Å². The van der Waals surface area contributed by atoms with E-state index in [4.69, 9.17) is 15.2 Å². The van der Waals surface area contributed by atoms with Crippen molar-refractivity contribution < 1.29 is 18.7 Å². The number of benzene rings is 2. The molecule has 4 nitrogen and oxygen atoms in total. The van der Waals surface area contributed by atoms with Crippen molar-refractivity contribution in [2.45, 2.75) is 53.2 Å². The monoisotopic (exact) mass is 371 g/mol. The van der Waals surface area contributed by atoms with E-state index in [1.807, 2.05) is 58.9 Å². The molecule has 0 aliphatic heterocycles. The van der Waals surface area contributed by atoms with E-state index in [9.17, 15) is 9.18 Å². The van der Waals surface area contributed by atoms with Crippen molar-refractivity contribution in [3.05, 3.63) is 52.8 Å². The Morgan fingerprint density at radius 2 is 1.96 bits per heavy atom. The Labute approximate surface area is 159 Å². The lowest BCUT2D eigenvalue weighted by Gasteiger charge is -2.26. The van der Waals surface area contributed by atoms with Gasteiger partial charge >= 0.3 is 6.09 Å². The van der Waals surface area contributed by atoms with Gasteiger partial charge in [0.1, 0.15) is 17.7 Å². The summed E-state index contributed by atoms with van der Waals surface area (Å²) in [5.41, 5.74) is 8.81. The lowest BCUT2D eigenvalue weighted by molar-refractivity contribution is 0.0391. The summed E-state index contributed by atoms with van der Waals surface area (Å²) in [7, 11) is 0. The molecule has 1 amide bonds. The predicted octanol–water partition coefficient (Wildman–Crippen LogP) is 5.31. The van der Waals surface area contributed by atoms with E-state index in [-0.39, 0.29) is 17.3 Å².